The molecule has 0 spiro atoms. The van der Waals surface area contributed by atoms with Gasteiger partial charge < -0.3 is 4.74 Å². The summed E-state index contributed by atoms with van der Waals surface area (Å²) in [5.74, 6) is 0.365. The van der Waals surface area contributed by atoms with Gasteiger partial charge in [0, 0.05) is 29.9 Å². The second-order valence-electron chi connectivity index (χ2n) is 5.28. The second-order valence-corrected chi connectivity index (χ2v) is 5.28. The monoisotopic (exact) mass is 339 g/mol. The van der Waals surface area contributed by atoms with Crippen LogP contribution in [0.15, 0.2) is 48.8 Å². The Labute approximate surface area is 142 Å². The Bertz CT molecular complexity index is 987. The molecule has 3 rings (SSSR count). The van der Waals surface area contributed by atoms with Crippen molar-refractivity contribution in [3.63, 3.8) is 0 Å². The van der Waals surface area contributed by atoms with E-state index in [4.69, 9.17) is 4.74 Å². The van der Waals surface area contributed by atoms with E-state index in [1.54, 1.807) is 12.1 Å². The van der Waals surface area contributed by atoms with Crippen LogP contribution in [0.1, 0.15) is 12.5 Å². The van der Waals surface area contributed by atoms with Crippen molar-refractivity contribution in [2.75, 3.05) is 0 Å². The van der Waals surface area contributed by atoms with E-state index in [1.807, 2.05) is 6.92 Å². The second kappa shape index (κ2) is 6.52. The lowest BCUT2D eigenvalue weighted by atomic mass is 10.1. The minimum Gasteiger partial charge on any atom is -0.449 e. The number of hydrogen-bond donors (Lipinski definition) is 0. The summed E-state index contributed by atoms with van der Waals surface area (Å²) in [6.45, 7) is 1.90. The van der Waals surface area contributed by atoms with Crippen LogP contribution in [-0.2, 0) is 6.42 Å². The summed E-state index contributed by atoms with van der Waals surface area (Å²) in [6, 6.07) is 9.04. The molecule has 126 valence electrons. The molecule has 0 saturated carbocycles. The molecule has 1 heterocycles. The van der Waals surface area contributed by atoms with Crippen molar-refractivity contribution in [2.45, 2.75) is 13.3 Å². The maximum absolute atomic E-state index is 11.3. The standard InChI is InChI=1S/C17H13N3O5/c1-2-11-3-5-17(15(9-11)20(23)24)25-16-6-4-14(19(21)22)13-10-18-8-7-12(13)16/h3-10H,2H2,1H3. The minimum atomic E-state index is -0.510. The lowest BCUT2D eigenvalue weighted by Gasteiger charge is -2.10. The van der Waals surface area contributed by atoms with Gasteiger partial charge in [-0.2, -0.15) is 0 Å². The molecule has 0 N–H and O–H groups in total. The number of aryl methyl sites for hydroxylation is 1. The lowest BCUT2D eigenvalue weighted by Crippen LogP contribution is -1.96. The molecule has 1 aromatic heterocycles. The Balaban J connectivity index is 2.12. The molecule has 0 fully saturated rings. The van der Waals surface area contributed by atoms with Gasteiger partial charge in [-0.3, -0.25) is 25.2 Å². The van der Waals surface area contributed by atoms with E-state index in [1.165, 1.54) is 36.7 Å². The topological polar surface area (TPSA) is 108 Å². The lowest BCUT2D eigenvalue weighted by molar-refractivity contribution is -0.385. The van der Waals surface area contributed by atoms with Crippen LogP contribution in [-0.4, -0.2) is 14.8 Å². The number of aromatic nitrogens is 1. The van der Waals surface area contributed by atoms with Crippen LogP contribution in [0, 0.1) is 20.2 Å². The highest BCUT2D eigenvalue weighted by Gasteiger charge is 2.20. The van der Waals surface area contributed by atoms with E-state index in [0.717, 1.165) is 5.56 Å². The van der Waals surface area contributed by atoms with E-state index in [2.05, 4.69) is 4.98 Å². The first-order valence-electron chi connectivity index (χ1n) is 7.47. The Morgan fingerprint density at radius 2 is 1.68 bits per heavy atom. The Hall–Kier alpha value is -3.55. The van der Waals surface area contributed by atoms with Gasteiger partial charge in [-0.05, 0) is 30.2 Å². The van der Waals surface area contributed by atoms with E-state index in [0.29, 0.717) is 17.2 Å². The summed E-state index contributed by atoms with van der Waals surface area (Å²) < 4.78 is 5.73. The molecule has 0 unspecified atom stereocenters. The van der Waals surface area contributed by atoms with E-state index in [-0.39, 0.29) is 22.9 Å². The fourth-order valence-corrected chi connectivity index (χ4v) is 2.53. The molecule has 3 aromatic rings. The number of benzene rings is 2. The van der Waals surface area contributed by atoms with E-state index < -0.39 is 9.85 Å². The van der Waals surface area contributed by atoms with Crippen molar-refractivity contribution in [2.24, 2.45) is 0 Å². The molecule has 0 bridgehead atoms. The minimum absolute atomic E-state index is 0.0779. The highest BCUT2D eigenvalue weighted by molar-refractivity contribution is 5.94. The smallest absolute Gasteiger partial charge is 0.311 e. The van der Waals surface area contributed by atoms with Crippen LogP contribution in [0.2, 0.25) is 0 Å². The van der Waals surface area contributed by atoms with Crippen LogP contribution < -0.4 is 4.74 Å². The van der Waals surface area contributed by atoms with Gasteiger partial charge in [0.1, 0.15) is 5.75 Å². The molecule has 0 aliphatic heterocycles. The predicted molar refractivity (Wildman–Crippen MR) is 90.9 cm³/mol. The third-order valence-electron chi connectivity index (χ3n) is 3.80. The van der Waals surface area contributed by atoms with Crippen LogP contribution in [0.25, 0.3) is 10.8 Å². The van der Waals surface area contributed by atoms with Crippen LogP contribution >= 0.6 is 0 Å². The molecule has 0 radical (unpaired) electrons. The first kappa shape index (κ1) is 16.3. The number of nitro groups is 2. The molecule has 8 nitrogen and oxygen atoms in total. The SMILES string of the molecule is CCc1ccc(Oc2ccc([N+](=O)[O-])c3cnccc23)c([N+](=O)[O-])c1. The number of hydrogen-bond acceptors (Lipinski definition) is 6. The first-order valence-corrected chi connectivity index (χ1v) is 7.47. The number of nitrogens with zero attached hydrogens (tertiary/aromatic N) is 3. The third-order valence-corrected chi connectivity index (χ3v) is 3.80. The zero-order chi connectivity index (χ0) is 18.0. The molecule has 25 heavy (non-hydrogen) atoms. The normalized spacial score (nSPS) is 10.6. The van der Waals surface area contributed by atoms with Gasteiger partial charge in [0.15, 0.2) is 0 Å². The van der Waals surface area contributed by atoms with Gasteiger partial charge in [0.25, 0.3) is 5.69 Å². The molecule has 0 amide bonds. The van der Waals surface area contributed by atoms with Crippen molar-refractivity contribution < 1.29 is 14.6 Å². The zero-order valence-corrected chi connectivity index (χ0v) is 13.2. The van der Waals surface area contributed by atoms with Crippen LogP contribution in [0.3, 0.4) is 0 Å². The van der Waals surface area contributed by atoms with E-state index >= 15 is 0 Å². The van der Waals surface area contributed by atoms with Gasteiger partial charge in [-0.25, -0.2) is 0 Å². The fraction of sp³-hybridized carbons (Fsp3) is 0.118. The average Bonchev–Trinajstić information content (AvgIpc) is 2.61. The van der Waals surface area contributed by atoms with Gasteiger partial charge in [-0.15, -0.1) is 0 Å². The highest BCUT2D eigenvalue weighted by Crippen LogP contribution is 2.38. The molecule has 0 aliphatic carbocycles. The van der Waals surface area contributed by atoms with Gasteiger partial charge in [-0.1, -0.05) is 13.0 Å². The molecule has 2 aromatic carbocycles. The predicted octanol–water partition coefficient (Wildman–Crippen LogP) is 4.41. The van der Waals surface area contributed by atoms with Gasteiger partial charge >= 0.3 is 5.69 Å². The van der Waals surface area contributed by atoms with E-state index in [9.17, 15) is 20.2 Å². The van der Waals surface area contributed by atoms with Crippen molar-refractivity contribution in [3.8, 4) is 11.5 Å². The summed E-state index contributed by atoms with van der Waals surface area (Å²) >= 11 is 0. The first-order chi connectivity index (χ1) is 12.0. The summed E-state index contributed by atoms with van der Waals surface area (Å²) in [5, 5.41) is 23.2. The summed E-state index contributed by atoms with van der Waals surface area (Å²) in [4.78, 5) is 25.3. The third kappa shape index (κ3) is 3.09. The highest BCUT2D eigenvalue weighted by atomic mass is 16.6. The fourth-order valence-electron chi connectivity index (χ4n) is 2.53. The zero-order valence-electron chi connectivity index (χ0n) is 13.2. The molecular weight excluding hydrogens is 326 g/mol. The quantitative estimate of drug-likeness (QED) is 0.503. The van der Waals surface area contributed by atoms with Crippen molar-refractivity contribution in [1.29, 1.82) is 0 Å². The summed E-state index contributed by atoms with van der Waals surface area (Å²) in [5.41, 5.74) is 0.558. The van der Waals surface area contributed by atoms with Crippen molar-refractivity contribution in [1.82, 2.24) is 4.98 Å². The van der Waals surface area contributed by atoms with Crippen molar-refractivity contribution in [3.05, 3.63) is 74.6 Å². The summed E-state index contributed by atoms with van der Waals surface area (Å²) in [6.07, 6.45) is 3.51. The average molecular weight is 339 g/mol. The van der Waals surface area contributed by atoms with Crippen LogP contribution in [0.4, 0.5) is 11.4 Å². The number of non-ortho nitro benzene ring substituents is 1. The molecule has 0 saturated heterocycles. The van der Waals surface area contributed by atoms with Crippen molar-refractivity contribution >= 4 is 22.1 Å². The molecule has 0 aliphatic rings. The molecule has 0 atom stereocenters. The largest absolute Gasteiger partial charge is 0.449 e. The Morgan fingerprint density at radius 1 is 0.960 bits per heavy atom. The Kier molecular flexibility index (Phi) is 4.25. The molecular formula is C17H13N3O5. The van der Waals surface area contributed by atoms with Gasteiger partial charge in [0.2, 0.25) is 5.75 Å². The molecule has 8 heteroatoms. The number of pyridine rings is 1. The maximum Gasteiger partial charge on any atom is 0.311 e. The summed E-state index contributed by atoms with van der Waals surface area (Å²) in [7, 11) is 0. The number of fused-ring (bicyclic) bond motifs is 1. The Morgan fingerprint density at radius 3 is 2.36 bits per heavy atom. The van der Waals surface area contributed by atoms with Gasteiger partial charge in [0.05, 0.1) is 15.2 Å². The van der Waals surface area contributed by atoms with Crippen LogP contribution in [0.5, 0.6) is 11.5 Å². The number of ether oxygens (including phenoxy) is 1. The maximum atomic E-state index is 11.3. The number of rotatable bonds is 5. The number of nitro benzene ring substituents is 2.